The third-order valence-electron chi connectivity index (χ3n) is 3.36. The number of halogens is 1. The smallest absolute Gasteiger partial charge is 0.313 e. The summed E-state index contributed by atoms with van der Waals surface area (Å²) in [6.45, 7) is 1.49. The van der Waals surface area contributed by atoms with Gasteiger partial charge in [0.2, 0.25) is 0 Å². The summed E-state index contributed by atoms with van der Waals surface area (Å²) in [6.07, 6.45) is 4.03. The SMILES string of the molecule is CC[C@@H](CO)NC(=O)C(=O)Nc1cc(-n2cccc2)ccc1F. The number of hydrogen-bond donors (Lipinski definition) is 3. The fourth-order valence-electron chi connectivity index (χ4n) is 1.98. The lowest BCUT2D eigenvalue weighted by Gasteiger charge is -2.14. The third-order valence-corrected chi connectivity index (χ3v) is 3.36. The number of amides is 2. The van der Waals surface area contributed by atoms with E-state index in [0.717, 1.165) is 0 Å². The maximum absolute atomic E-state index is 13.8. The molecule has 122 valence electrons. The van der Waals surface area contributed by atoms with Crippen LogP contribution < -0.4 is 10.6 Å². The van der Waals surface area contributed by atoms with Gasteiger partial charge in [0.05, 0.1) is 18.3 Å². The number of aliphatic hydroxyl groups is 1. The van der Waals surface area contributed by atoms with E-state index in [-0.39, 0.29) is 12.3 Å². The van der Waals surface area contributed by atoms with Gasteiger partial charge in [0, 0.05) is 18.1 Å². The van der Waals surface area contributed by atoms with E-state index < -0.39 is 23.7 Å². The molecule has 1 atom stereocenters. The Morgan fingerprint density at radius 1 is 1.26 bits per heavy atom. The van der Waals surface area contributed by atoms with Gasteiger partial charge in [-0.3, -0.25) is 9.59 Å². The highest BCUT2D eigenvalue weighted by Gasteiger charge is 2.18. The van der Waals surface area contributed by atoms with Crippen LogP contribution >= 0.6 is 0 Å². The van der Waals surface area contributed by atoms with E-state index in [4.69, 9.17) is 5.11 Å². The first kappa shape index (κ1) is 16.7. The number of nitrogens with zero attached hydrogens (tertiary/aromatic N) is 1. The first-order valence-electron chi connectivity index (χ1n) is 7.20. The Kier molecular flexibility index (Phi) is 5.48. The van der Waals surface area contributed by atoms with Crippen LogP contribution in [0.3, 0.4) is 0 Å². The van der Waals surface area contributed by atoms with Gasteiger partial charge in [-0.2, -0.15) is 0 Å². The van der Waals surface area contributed by atoms with Crippen molar-refractivity contribution in [3.63, 3.8) is 0 Å². The molecule has 0 aliphatic carbocycles. The maximum Gasteiger partial charge on any atom is 0.313 e. The highest BCUT2D eigenvalue weighted by molar-refractivity contribution is 6.39. The number of aromatic nitrogens is 1. The van der Waals surface area contributed by atoms with Crippen LogP contribution in [0.4, 0.5) is 10.1 Å². The first-order chi connectivity index (χ1) is 11.0. The van der Waals surface area contributed by atoms with Crippen LogP contribution in [-0.4, -0.2) is 34.1 Å². The largest absolute Gasteiger partial charge is 0.394 e. The van der Waals surface area contributed by atoms with E-state index >= 15 is 0 Å². The number of anilines is 1. The molecule has 0 bridgehead atoms. The molecular formula is C16H18FN3O3. The predicted molar refractivity (Wildman–Crippen MR) is 83.7 cm³/mol. The van der Waals surface area contributed by atoms with Gasteiger partial charge >= 0.3 is 11.8 Å². The summed E-state index contributed by atoms with van der Waals surface area (Å²) in [5.74, 6) is -2.55. The standard InChI is InChI=1S/C16H18FN3O3/c1-2-11(10-21)18-15(22)16(23)19-14-9-12(5-6-13(14)17)20-7-3-4-8-20/h3-9,11,21H,2,10H2,1H3,(H,18,22)(H,19,23)/t11-/m0/s1. The highest BCUT2D eigenvalue weighted by Crippen LogP contribution is 2.19. The fourth-order valence-corrected chi connectivity index (χ4v) is 1.98. The summed E-state index contributed by atoms with van der Waals surface area (Å²) in [4.78, 5) is 23.6. The molecule has 23 heavy (non-hydrogen) atoms. The van der Waals surface area contributed by atoms with Crippen LogP contribution in [-0.2, 0) is 9.59 Å². The Labute approximate surface area is 132 Å². The molecule has 2 rings (SSSR count). The summed E-state index contributed by atoms with van der Waals surface area (Å²) in [6, 6.07) is 7.33. The van der Waals surface area contributed by atoms with Crippen LogP contribution in [0.2, 0.25) is 0 Å². The van der Waals surface area contributed by atoms with Crippen LogP contribution in [0, 0.1) is 5.82 Å². The van der Waals surface area contributed by atoms with Crippen LogP contribution in [0.5, 0.6) is 0 Å². The van der Waals surface area contributed by atoms with Crippen molar-refractivity contribution < 1.29 is 19.1 Å². The molecule has 0 aliphatic rings. The van der Waals surface area contributed by atoms with Gasteiger partial charge in [0.15, 0.2) is 0 Å². The normalized spacial score (nSPS) is 11.8. The lowest BCUT2D eigenvalue weighted by Crippen LogP contribution is -2.43. The average molecular weight is 319 g/mol. The number of benzene rings is 1. The zero-order valence-corrected chi connectivity index (χ0v) is 12.6. The van der Waals surface area contributed by atoms with E-state index in [2.05, 4.69) is 10.6 Å². The van der Waals surface area contributed by atoms with E-state index in [1.54, 1.807) is 30.0 Å². The van der Waals surface area contributed by atoms with Crippen LogP contribution in [0.15, 0.2) is 42.7 Å². The minimum atomic E-state index is -0.986. The van der Waals surface area contributed by atoms with Gasteiger partial charge in [0.1, 0.15) is 5.82 Å². The molecule has 2 aromatic rings. The molecule has 1 heterocycles. The second-order valence-corrected chi connectivity index (χ2v) is 4.97. The van der Waals surface area contributed by atoms with Crippen molar-refractivity contribution in [2.75, 3.05) is 11.9 Å². The molecule has 6 nitrogen and oxygen atoms in total. The molecule has 0 aliphatic heterocycles. The van der Waals surface area contributed by atoms with Gasteiger partial charge in [-0.1, -0.05) is 6.92 Å². The minimum absolute atomic E-state index is 0.0894. The molecule has 0 radical (unpaired) electrons. The molecule has 0 fully saturated rings. The Morgan fingerprint density at radius 3 is 2.57 bits per heavy atom. The van der Waals surface area contributed by atoms with Gasteiger partial charge in [-0.25, -0.2) is 4.39 Å². The number of rotatable bonds is 5. The van der Waals surface area contributed by atoms with Gasteiger partial charge in [0.25, 0.3) is 0 Å². The topological polar surface area (TPSA) is 83.4 Å². The summed E-state index contributed by atoms with van der Waals surface area (Å²) < 4.78 is 15.6. The van der Waals surface area contributed by atoms with Crippen molar-refractivity contribution in [1.29, 1.82) is 0 Å². The quantitative estimate of drug-likeness (QED) is 0.729. The molecule has 1 aromatic carbocycles. The Bertz CT molecular complexity index is 682. The lowest BCUT2D eigenvalue weighted by atomic mass is 10.2. The molecule has 0 saturated heterocycles. The van der Waals surface area contributed by atoms with Crippen molar-refractivity contribution >= 4 is 17.5 Å². The van der Waals surface area contributed by atoms with E-state index in [9.17, 15) is 14.0 Å². The van der Waals surface area contributed by atoms with Crippen LogP contribution in [0.1, 0.15) is 13.3 Å². The average Bonchev–Trinajstić information content (AvgIpc) is 3.08. The van der Waals surface area contributed by atoms with Crippen molar-refractivity contribution in [1.82, 2.24) is 9.88 Å². The summed E-state index contributed by atoms with van der Waals surface area (Å²) >= 11 is 0. The molecule has 0 saturated carbocycles. The molecule has 0 unspecified atom stereocenters. The lowest BCUT2D eigenvalue weighted by molar-refractivity contribution is -0.136. The van der Waals surface area contributed by atoms with E-state index in [1.807, 2.05) is 12.1 Å². The summed E-state index contributed by atoms with van der Waals surface area (Å²) in [5, 5.41) is 13.6. The molecular weight excluding hydrogens is 301 g/mol. The van der Waals surface area contributed by atoms with Gasteiger partial charge in [-0.05, 0) is 36.8 Å². The Morgan fingerprint density at radius 2 is 1.96 bits per heavy atom. The predicted octanol–water partition coefficient (Wildman–Crippen LogP) is 1.44. The zero-order valence-electron chi connectivity index (χ0n) is 12.6. The molecule has 0 spiro atoms. The molecule has 2 amide bonds. The molecule has 3 N–H and O–H groups in total. The first-order valence-corrected chi connectivity index (χ1v) is 7.20. The van der Waals surface area contributed by atoms with E-state index in [0.29, 0.717) is 12.1 Å². The molecule has 1 aromatic heterocycles. The number of hydrogen-bond acceptors (Lipinski definition) is 3. The number of carbonyl (C=O) groups excluding carboxylic acids is 2. The second-order valence-electron chi connectivity index (χ2n) is 4.97. The van der Waals surface area contributed by atoms with Gasteiger partial charge in [-0.15, -0.1) is 0 Å². The van der Waals surface area contributed by atoms with E-state index in [1.165, 1.54) is 12.1 Å². The number of nitrogens with one attached hydrogen (secondary N) is 2. The van der Waals surface area contributed by atoms with Crippen molar-refractivity contribution in [2.24, 2.45) is 0 Å². The second kappa shape index (κ2) is 7.55. The highest BCUT2D eigenvalue weighted by atomic mass is 19.1. The monoisotopic (exact) mass is 319 g/mol. The Hall–Kier alpha value is -2.67. The maximum atomic E-state index is 13.8. The van der Waals surface area contributed by atoms with Crippen molar-refractivity contribution in [2.45, 2.75) is 19.4 Å². The zero-order chi connectivity index (χ0) is 16.8. The van der Waals surface area contributed by atoms with Crippen molar-refractivity contribution in [3.05, 3.63) is 48.5 Å². The number of aliphatic hydroxyl groups excluding tert-OH is 1. The Balaban J connectivity index is 2.11. The molecule has 7 heteroatoms. The summed E-state index contributed by atoms with van der Waals surface area (Å²) in [5.41, 5.74) is 0.558. The summed E-state index contributed by atoms with van der Waals surface area (Å²) in [7, 11) is 0. The van der Waals surface area contributed by atoms with Crippen LogP contribution in [0.25, 0.3) is 5.69 Å². The number of carbonyl (C=O) groups is 2. The minimum Gasteiger partial charge on any atom is -0.394 e. The third kappa shape index (κ3) is 4.17. The fraction of sp³-hybridized carbons (Fsp3) is 0.250. The van der Waals surface area contributed by atoms with Crippen molar-refractivity contribution in [3.8, 4) is 5.69 Å². The van der Waals surface area contributed by atoms with Gasteiger partial charge < -0.3 is 20.3 Å².